The normalized spacial score (nSPS) is 18.4. The summed E-state index contributed by atoms with van der Waals surface area (Å²) < 4.78 is 17.0. The zero-order valence-corrected chi connectivity index (χ0v) is 19.0. The van der Waals surface area contributed by atoms with Crippen molar-refractivity contribution < 1.29 is 19.3 Å². The Morgan fingerprint density at radius 3 is 2.69 bits per heavy atom. The second-order valence-electron chi connectivity index (χ2n) is 7.81. The molecule has 0 amide bonds. The van der Waals surface area contributed by atoms with E-state index < -0.39 is 0 Å². The van der Waals surface area contributed by atoms with Crippen LogP contribution in [0.15, 0.2) is 47.6 Å². The minimum absolute atomic E-state index is 0.0384. The third-order valence-corrected chi connectivity index (χ3v) is 5.38. The maximum Gasteiger partial charge on any atom is 0.219 e. The van der Waals surface area contributed by atoms with Gasteiger partial charge in [0.15, 0.2) is 17.5 Å². The molecule has 0 radical (unpaired) electrons. The first kappa shape index (κ1) is 23.8. The molecule has 1 saturated heterocycles. The molecule has 8 heteroatoms. The summed E-state index contributed by atoms with van der Waals surface area (Å²) >= 11 is 0. The van der Waals surface area contributed by atoms with Crippen LogP contribution in [-0.2, 0) is 11.3 Å². The van der Waals surface area contributed by atoms with Crippen molar-refractivity contribution in [3.8, 4) is 17.4 Å². The lowest BCUT2D eigenvalue weighted by Crippen LogP contribution is -2.44. The fourth-order valence-corrected chi connectivity index (χ4v) is 3.58. The quantitative estimate of drug-likeness (QED) is 0.363. The van der Waals surface area contributed by atoms with Crippen LogP contribution in [0.3, 0.4) is 0 Å². The standard InChI is InChI=1S/C24H34N4O4/c1-3-25-23(28-17-24(11-13-29)12-14-30-18-24)27-16-19-9-10-22(26-15-19)32-21-8-6-5-7-20(21)31-4-2/h5-10,15,29H,3-4,11-14,16-18H2,1-2H3,(H2,25,27,28). The van der Waals surface area contributed by atoms with Gasteiger partial charge in [-0.3, -0.25) is 0 Å². The van der Waals surface area contributed by atoms with E-state index in [4.69, 9.17) is 14.2 Å². The van der Waals surface area contributed by atoms with Gasteiger partial charge in [0.1, 0.15) is 0 Å². The molecule has 2 aromatic rings. The van der Waals surface area contributed by atoms with Crippen molar-refractivity contribution in [3.63, 3.8) is 0 Å². The molecule has 1 unspecified atom stereocenters. The van der Waals surface area contributed by atoms with Gasteiger partial charge in [0, 0.05) is 44.0 Å². The van der Waals surface area contributed by atoms with Crippen molar-refractivity contribution >= 4 is 5.96 Å². The van der Waals surface area contributed by atoms with Crippen LogP contribution in [0.4, 0.5) is 0 Å². The Bertz CT molecular complexity index is 851. The molecular formula is C24H34N4O4. The van der Waals surface area contributed by atoms with E-state index in [1.165, 1.54) is 0 Å². The largest absolute Gasteiger partial charge is 0.490 e. The molecule has 0 aliphatic carbocycles. The number of nitrogens with zero attached hydrogens (tertiary/aromatic N) is 2. The van der Waals surface area contributed by atoms with Crippen molar-refractivity contribution in [1.82, 2.24) is 15.6 Å². The van der Waals surface area contributed by atoms with Gasteiger partial charge in [-0.15, -0.1) is 0 Å². The number of ether oxygens (including phenoxy) is 3. The first-order chi connectivity index (χ1) is 15.7. The highest BCUT2D eigenvalue weighted by Crippen LogP contribution is 2.31. The highest BCUT2D eigenvalue weighted by atomic mass is 16.5. The van der Waals surface area contributed by atoms with Crippen molar-refractivity contribution in [2.75, 3.05) is 39.5 Å². The molecule has 1 aromatic carbocycles. The van der Waals surface area contributed by atoms with Crippen LogP contribution < -0.4 is 20.1 Å². The lowest BCUT2D eigenvalue weighted by molar-refractivity contribution is 0.127. The van der Waals surface area contributed by atoms with Gasteiger partial charge in [-0.2, -0.15) is 0 Å². The molecule has 0 spiro atoms. The first-order valence-electron chi connectivity index (χ1n) is 11.2. The highest BCUT2D eigenvalue weighted by Gasteiger charge is 2.34. The van der Waals surface area contributed by atoms with E-state index in [-0.39, 0.29) is 12.0 Å². The van der Waals surface area contributed by atoms with Crippen molar-refractivity contribution in [2.24, 2.45) is 10.4 Å². The molecule has 174 valence electrons. The molecule has 1 atom stereocenters. The predicted molar refractivity (Wildman–Crippen MR) is 124 cm³/mol. The number of hydrogen-bond donors (Lipinski definition) is 3. The number of aromatic nitrogens is 1. The number of aliphatic hydroxyl groups is 1. The van der Waals surface area contributed by atoms with Gasteiger partial charge >= 0.3 is 0 Å². The van der Waals surface area contributed by atoms with Gasteiger partial charge in [0.05, 0.1) is 19.8 Å². The average Bonchev–Trinajstić information content (AvgIpc) is 3.27. The van der Waals surface area contributed by atoms with E-state index in [1.54, 1.807) is 6.20 Å². The Kier molecular flexibility index (Phi) is 9.13. The monoisotopic (exact) mass is 442 g/mol. The molecule has 0 bridgehead atoms. The highest BCUT2D eigenvalue weighted by molar-refractivity contribution is 5.79. The number of guanidine groups is 1. The van der Waals surface area contributed by atoms with E-state index in [0.717, 1.165) is 37.5 Å². The number of aliphatic hydroxyl groups excluding tert-OH is 1. The molecule has 3 N–H and O–H groups in total. The number of para-hydroxylation sites is 2. The summed E-state index contributed by atoms with van der Waals surface area (Å²) in [6.45, 7) is 8.07. The smallest absolute Gasteiger partial charge is 0.219 e. The Morgan fingerprint density at radius 2 is 2.03 bits per heavy atom. The van der Waals surface area contributed by atoms with Gasteiger partial charge in [0.25, 0.3) is 0 Å². The summed E-state index contributed by atoms with van der Waals surface area (Å²) in [4.78, 5) is 9.09. The van der Waals surface area contributed by atoms with Crippen LogP contribution in [0.1, 0.15) is 32.3 Å². The third-order valence-electron chi connectivity index (χ3n) is 5.38. The summed E-state index contributed by atoms with van der Waals surface area (Å²) in [5.74, 6) is 2.57. The fourth-order valence-electron chi connectivity index (χ4n) is 3.58. The number of aliphatic imine (C=N–C) groups is 1. The van der Waals surface area contributed by atoms with E-state index in [9.17, 15) is 5.11 Å². The van der Waals surface area contributed by atoms with Crippen molar-refractivity contribution in [1.29, 1.82) is 0 Å². The van der Waals surface area contributed by atoms with Gasteiger partial charge in [-0.1, -0.05) is 18.2 Å². The molecule has 1 aliphatic heterocycles. The molecule has 1 aromatic heterocycles. The lowest BCUT2D eigenvalue weighted by Gasteiger charge is -2.27. The number of pyridine rings is 1. The Morgan fingerprint density at radius 1 is 1.19 bits per heavy atom. The van der Waals surface area contributed by atoms with Gasteiger partial charge < -0.3 is 30.0 Å². The number of benzene rings is 1. The van der Waals surface area contributed by atoms with Gasteiger partial charge in [0.2, 0.25) is 5.88 Å². The fraction of sp³-hybridized carbons (Fsp3) is 0.500. The third kappa shape index (κ3) is 6.83. The number of hydrogen-bond acceptors (Lipinski definition) is 6. The van der Waals surface area contributed by atoms with E-state index in [2.05, 4.69) is 20.6 Å². The van der Waals surface area contributed by atoms with Crippen LogP contribution >= 0.6 is 0 Å². The maximum atomic E-state index is 9.42. The number of nitrogens with one attached hydrogen (secondary N) is 2. The molecule has 3 rings (SSSR count). The lowest BCUT2D eigenvalue weighted by atomic mass is 9.84. The zero-order valence-electron chi connectivity index (χ0n) is 19.0. The van der Waals surface area contributed by atoms with Gasteiger partial charge in [-0.25, -0.2) is 9.98 Å². The SMILES string of the molecule is CCNC(=NCc1ccc(Oc2ccccc2OCC)nc1)NCC1(CCO)CCOC1. The topological polar surface area (TPSA) is 97.2 Å². The average molecular weight is 443 g/mol. The Balaban J connectivity index is 1.59. The summed E-state index contributed by atoms with van der Waals surface area (Å²) in [6, 6.07) is 11.3. The van der Waals surface area contributed by atoms with Crippen LogP contribution in [0.25, 0.3) is 0 Å². The second kappa shape index (κ2) is 12.3. The molecule has 8 nitrogen and oxygen atoms in total. The Labute approximate surface area is 190 Å². The second-order valence-corrected chi connectivity index (χ2v) is 7.81. The van der Waals surface area contributed by atoms with E-state index in [0.29, 0.717) is 43.7 Å². The van der Waals surface area contributed by atoms with Crippen LogP contribution in [-0.4, -0.2) is 55.6 Å². The van der Waals surface area contributed by atoms with Gasteiger partial charge in [-0.05, 0) is 44.4 Å². The molecular weight excluding hydrogens is 408 g/mol. The number of rotatable bonds is 11. The minimum Gasteiger partial charge on any atom is -0.490 e. The molecule has 2 heterocycles. The van der Waals surface area contributed by atoms with Crippen LogP contribution in [0, 0.1) is 5.41 Å². The van der Waals surface area contributed by atoms with Crippen molar-refractivity contribution in [3.05, 3.63) is 48.2 Å². The maximum absolute atomic E-state index is 9.42. The van der Waals surface area contributed by atoms with Crippen molar-refractivity contribution in [2.45, 2.75) is 33.2 Å². The van der Waals surface area contributed by atoms with E-state index in [1.807, 2.05) is 50.2 Å². The summed E-state index contributed by atoms with van der Waals surface area (Å²) in [6.07, 6.45) is 3.43. The zero-order chi connectivity index (χ0) is 22.7. The summed E-state index contributed by atoms with van der Waals surface area (Å²) in [5.41, 5.74) is 0.936. The van der Waals surface area contributed by atoms with Crippen LogP contribution in [0.5, 0.6) is 17.4 Å². The molecule has 32 heavy (non-hydrogen) atoms. The predicted octanol–water partition coefficient (Wildman–Crippen LogP) is 3.12. The van der Waals surface area contributed by atoms with E-state index >= 15 is 0 Å². The first-order valence-corrected chi connectivity index (χ1v) is 11.2. The molecule has 0 saturated carbocycles. The molecule has 1 fully saturated rings. The minimum atomic E-state index is -0.0384. The molecule has 1 aliphatic rings. The Hall–Kier alpha value is -2.84. The summed E-state index contributed by atoms with van der Waals surface area (Å²) in [7, 11) is 0. The summed E-state index contributed by atoms with van der Waals surface area (Å²) in [5, 5.41) is 16.1. The van der Waals surface area contributed by atoms with Crippen LogP contribution in [0.2, 0.25) is 0 Å².